The van der Waals surface area contributed by atoms with Gasteiger partial charge in [-0.3, -0.25) is 0 Å². The summed E-state index contributed by atoms with van der Waals surface area (Å²) in [5, 5.41) is 10.2. The van der Waals surface area contributed by atoms with E-state index >= 15 is 0 Å². The number of hydrogen-bond acceptors (Lipinski definition) is 2. The maximum absolute atomic E-state index is 13.2. The van der Waals surface area contributed by atoms with Gasteiger partial charge in [-0.2, -0.15) is 15.4 Å². The van der Waals surface area contributed by atoms with Crippen LogP contribution in [0.2, 0.25) is 5.02 Å². The van der Waals surface area contributed by atoms with Gasteiger partial charge >= 0.3 is 0 Å². The zero-order valence-electron chi connectivity index (χ0n) is 6.46. The molecule has 1 heterocycles. The molecular weight excluding hydrogens is 193 g/mol. The molecule has 0 unspecified atom stereocenters. The zero-order valence-corrected chi connectivity index (χ0v) is 7.22. The van der Waals surface area contributed by atoms with Crippen molar-refractivity contribution in [3.8, 4) is 11.3 Å². The molecule has 0 atom stereocenters. The van der Waals surface area contributed by atoms with E-state index in [0.717, 1.165) is 0 Å². The van der Waals surface area contributed by atoms with Crippen molar-refractivity contribution in [2.45, 2.75) is 0 Å². The highest BCUT2D eigenvalue weighted by Gasteiger charge is 2.07. The zero-order chi connectivity index (χ0) is 9.26. The van der Waals surface area contributed by atoms with Crippen molar-refractivity contribution >= 4 is 11.6 Å². The molecule has 5 heteroatoms. The molecule has 0 aliphatic rings. The molecule has 0 saturated heterocycles. The summed E-state index contributed by atoms with van der Waals surface area (Å²) in [6.45, 7) is 0. The minimum absolute atomic E-state index is 0.348. The van der Waals surface area contributed by atoms with Crippen LogP contribution in [-0.2, 0) is 0 Å². The summed E-state index contributed by atoms with van der Waals surface area (Å²) in [5.41, 5.74) is 0.793. The van der Waals surface area contributed by atoms with Crippen LogP contribution in [0.15, 0.2) is 24.4 Å². The van der Waals surface area contributed by atoms with Crippen molar-refractivity contribution in [2.75, 3.05) is 0 Å². The minimum Gasteiger partial charge on any atom is -0.206 e. The average molecular weight is 198 g/mol. The van der Waals surface area contributed by atoms with Crippen molar-refractivity contribution in [1.29, 1.82) is 0 Å². The largest absolute Gasteiger partial charge is 0.206 e. The van der Waals surface area contributed by atoms with Crippen molar-refractivity contribution < 1.29 is 4.39 Å². The molecule has 3 nitrogen and oxygen atoms in total. The molecular formula is C8H5ClFN3. The lowest BCUT2D eigenvalue weighted by atomic mass is 10.1. The standard InChI is InChI=1S/C8H5ClFN3/c9-5-1-2-7(10)6(3-5)8-4-11-13-12-8/h1-4H,(H,11,12,13). The average Bonchev–Trinajstić information content (AvgIpc) is 2.61. The molecule has 1 aromatic carbocycles. The van der Waals surface area contributed by atoms with E-state index < -0.39 is 0 Å². The number of nitrogens with zero attached hydrogens (tertiary/aromatic N) is 2. The Labute approximate surface area is 78.5 Å². The van der Waals surface area contributed by atoms with Crippen molar-refractivity contribution in [3.63, 3.8) is 0 Å². The van der Waals surface area contributed by atoms with Crippen LogP contribution in [0.1, 0.15) is 0 Å². The van der Waals surface area contributed by atoms with Crippen molar-refractivity contribution in [3.05, 3.63) is 35.2 Å². The highest BCUT2D eigenvalue weighted by molar-refractivity contribution is 6.30. The Morgan fingerprint density at radius 3 is 2.92 bits per heavy atom. The van der Waals surface area contributed by atoms with Gasteiger partial charge < -0.3 is 0 Å². The van der Waals surface area contributed by atoms with Gasteiger partial charge in [-0.15, -0.1) is 0 Å². The summed E-state index contributed by atoms with van der Waals surface area (Å²) >= 11 is 5.71. The predicted molar refractivity (Wildman–Crippen MR) is 46.8 cm³/mol. The van der Waals surface area contributed by atoms with E-state index in [1.807, 2.05) is 0 Å². The molecule has 0 aliphatic carbocycles. The molecule has 2 aromatic rings. The molecule has 0 bridgehead atoms. The number of aromatic nitrogens is 3. The fourth-order valence-corrected chi connectivity index (χ4v) is 1.20. The molecule has 0 radical (unpaired) electrons. The molecule has 0 amide bonds. The number of nitrogens with one attached hydrogen (secondary N) is 1. The maximum atomic E-state index is 13.2. The predicted octanol–water partition coefficient (Wildman–Crippen LogP) is 2.26. The van der Waals surface area contributed by atoms with Crippen LogP contribution in [0.4, 0.5) is 4.39 Å². The Morgan fingerprint density at radius 1 is 1.38 bits per heavy atom. The normalized spacial score (nSPS) is 10.3. The Morgan fingerprint density at radius 2 is 2.23 bits per heavy atom. The second kappa shape index (κ2) is 3.14. The molecule has 13 heavy (non-hydrogen) atoms. The van der Waals surface area contributed by atoms with Gasteiger partial charge in [0.05, 0.1) is 6.20 Å². The van der Waals surface area contributed by atoms with E-state index in [1.54, 1.807) is 0 Å². The quantitative estimate of drug-likeness (QED) is 0.762. The maximum Gasteiger partial charge on any atom is 0.132 e. The first kappa shape index (κ1) is 8.19. The van der Waals surface area contributed by atoms with E-state index in [4.69, 9.17) is 11.6 Å². The smallest absolute Gasteiger partial charge is 0.132 e. The Bertz CT molecular complexity index is 413. The minimum atomic E-state index is -0.363. The third-order valence-electron chi connectivity index (χ3n) is 1.62. The fraction of sp³-hybridized carbons (Fsp3) is 0. The van der Waals surface area contributed by atoms with Gasteiger partial charge in [-0.25, -0.2) is 4.39 Å². The van der Waals surface area contributed by atoms with Crippen LogP contribution < -0.4 is 0 Å². The van der Waals surface area contributed by atoms with Gasteiger partial charge in [0.1, 0.15) is 11.5 Å². The third-order valence-corrected chi connectivity index (χ3v) is 1.85. The molecule has 1 N–H and O–H groups in total. The van der Waals surface area contributed by atoms with Gasteiger partial charge in [0.15, 0.2) is 0 Å². The number of hydrogen-bond donors (Lipinski definition) is 1. The Hall–Kier alpha value is -1.42. The van der Waals surface area contributed by atoms with Gasteiger partial charge in [0, 0.05) is 10.6 Å². The van der Waals surface area contributed by atoms with E-state index in [9.17, 15) is 4.39 Å². The molecule has 1 aromatic heterocycles. The first-order valence-corrected chi connectivity index (χ1v) is 3.96. The fourth-order valence-electron chi connectivity index (χ4n) is 1.03. The molecule has 0 spiro atoms. The highest BCUT2D eigenvalue weighted by atomic mass is 35.5. The second-order valence-corrected chi connectivity index (χ2v) is 2.92. The van der Waals surface area contributed by atoms with E-state index in [-0.39, 0.29) is 5.82 Å². The summed E-state index contributed by atoms with van der Waals surface area (Å²) in [6.07, 6.45) is 1.44. The van der Waals surface area contributed by atoms with Crippen LogP contribution in [-0.4, -0.2) is 15.4 Å². The van der Waals surface area contributed by atoms with Gasteiger partial charge in [-0.05, 0) is 18.2 Å². The topological polar surface area (TPSA) is 41.6 Å². The van der Waals surface area contributed by atoms with Crippen LogP contribution in [0.25, 0.3) is 11.3 Å². The van der Waals surface area contributed by atoms with Gasteiger partial charge in [0.25, 0.3) is 0 Å². The summed E-state index contributed by atoms with van der Waals surface area (Å²) in [7, 11) is 0. The molecule has 0 saturated carbocycles. The van der Waals surface area contributed by atoms with Crippen LogP contribution >= 0.6 is 11.6 Å². The lowest BCUT2D eigenvalue weighted by Crippen LogP contribution is -1.84. The lowest BCUT2D eigenvalue weighted by molar-refractivity contribution is 0.630. The number of H-pyrrole nitrogens is 1. The molecule has 66 valence electrons. The SMILES string of the molecule is Fc1ccc(Cl)cc1-c1cn[nH]n1. The monoisotopic (exact) mass is 197 g/mol. The first-order chi connectivity index (χ1) is 6.27. The van der Waals surface area contributed by atoms with Crippen LogP contribution in [0.3, 0.4) is 0 Å². The molecule has 0 fully saturated rings. The molecule has 2 rings (SSSR count). The summed E-state index contributed by atoms with van der Waals surface area (Å²) in [4.78, 5) is 0. The Balaban J connectivity index is 2.57. The second-order valence-electron chi connectivity index (χ2n) is 2.48. The number of rotatable bonds is 1. The highest BCUT2D eigenvalue weighted by Crippen LogP contribution is 2.23. The summed E-state index contributed by atoms with van der Waals surface area (Å²) < 4.78 is 13.2. The Kier molecular flexibility index (Phi) is 1.98. The lowest BCUT2D eigenvalue weighted by Gasteiger charge is -1.98. The number of halogens is 2. The van der Waals surface area contributed by atoms with E-state index in [2.05, 4.69) is 15.4 Å². The van der Waals surface area contributed by atoms with E-state index in [0.29, 0.717) is 16.3 Å². The van der Waals surface area contributed by atoms with Gasteiger partial charge in [-0.1, -0.05) is 11.6 Å². The summed E-state index contributed by atoms with van der Waals surface area (Å²) in [5.74, 6) is -0.363. The number of benzene rings is 1. The third kappa shape index (κ3) is 1.53. The first-order valence-electron chi connectivity index (χ1n) is 3.58. The van der Waals surface area contributed by atoms with Gasteiger partial charge in [0.2, 0.25) is 0 Å². The van der Waals surface area contributed by atoms with Crippen molar-refractivity contribution in [2.24, 2.45) is 0 Å². The van der Waals surface area contributed by atoms with E-state index in [1.165, 1.54) is 24.4 Å². The van der Waals surface area contributed by atoms with Crippen molar-refractivity contribution in [1.82, 2.24) is 15.4 Å². The van der Waals surface area contributed by atoms with Crippen LogP contribution in [0.5, 0.6) is 0 Å². The molecule has 0 aliphatic heterocycles. The summed E-state index contributed by atoms with van der Waals surface area (Å²) in [6, 6.07) is 4.29. The van der Waals surface area contributed by atoms with Crippen LogP contribution in [0, 0.1) is 5.82 Å². The number of aromatic amines is 1.